The quantitative estimate of drug-likeness (QED) is 0.290. The fraction of sp³-hybridized carbons (Fsp3) is 0.348. The number of imidazole rings is 1. The smallest absolute Gasteiger partial charge is 0.168 e. The number of aromatic nitrogens is 2. The van der Waals surface area contributed by atoms with Gasteiger partial charge in [-0.05, 0) is 56.3 Å². The molecule has 1 atom stereocenters. The van der Waals surface area contributed by atoms with Gasteiger partial charge >= 0.3 is 0 Å². The maximum absolute atomic E-state index is 14.2. The number of halogens is 4. The average molecular weight is 501 g/mol. The van der Waals surface area contributed by atoms with Crippen LogP contribution < -0.4 is 0 Å². The van der Waals surface area contributed by atoms with Gasteiger partial charge in [-0.2, -0.15) is 0 Å². The highest BCUT2D eigenvalue weighted by Gasteiger charge is 2.17. The minimum atomic E-state index is -0.292. The molecule has 1 unspecified atom stereocenters. The Labute approximate surface area is 202 Å². The summed E-state index contributed by atoms with van der Waals surface area (Å²) < 4.78 is 16.4. The van der Waals surface area contributed by atoms with E-state index in [1.807, 2.05) is 38.5 Å². The average Bonchev–Trinajstić information content (AvgIpc) is 3.09. The summed E-state index contributed by atoms with van der Waals surface area (Å²) in [4.78, 5) is 6.77. The Balaban J connectivity index is 1.81. The van der Waals surface area contributed by atoms with Crippen LogP contribution in [0.1, 0.15) is 29.7 Å². The molecule has 0 fully saturated rings. The second kappa shape index (κ2) is 11.1. The lowest BCUT2D eigenvalue weighted by atomic mass is 9.96. The summed E-state index contributed by atoms with van der Waals surface area (Å²) in [6.07, 6.45) is 2.72. The second-order valence-electron chi connectivity index (χ2n) is 7.75. The molecule has 0 amide bonds. The number of thioether (sulfide) groups is 1. The van der Waals surface area contributed by atoms with E-state index in [0.29, 0.717) is 26.4 Å². The Morgan fingerprint density at radius 2 is 1.87 bits per heavy atom. The standard InChI is InChI=1S/C23H25Cl3FN3S/c1-15(16-7-8-20(25)21(26)12-16)11-17-13-28-23(30(17)10-9-29(2)3)31-14-18-19(24)5-4-6-22(18)27/h4-8,12-13,15H,9-11,14H2,1-3H3. The fourth-order valence-electron chi connectivity index (χ4n) is 3.27. The Morgan fingerprint density at radius 3 is 2.55 bits per heavy atom. The van der Waals surface area contributed by atoms with E-state index in [0.717, 1.165) is 35.9 Å². The number of benzene rings is 2. The zero-order valence-corrected chi connectivity index (χ0v) is 20.8. The Hall–Kier alpha value is -1.24. The molecular formula is C23H25Cl3FN3S. The molecule has 0 saturated heterocycles. The van der Waals surface area contributed by atoms with Crippen LogP contribution in [-0.2, 0) is 18.7 Å². The number of likely N-dealkylation sites (N-methyl/N-ethyl adjacent to an activating group) is 1. The molecule has 0 bridgehead atoms. The van der Waals surface area contributed by atoms with Crippen molar-refractivity contribution in [1.29, 1.82) is 0 Å². The van der Waals surface area contributed by atoms with Crippen LogP contribution in [0.3, 0.4) is 0 Å². The monoisotopic (exact) mass is 499 g/mol. The van der Waals surface area contributed by atoms with Crippen molar-refractivity contribution in [1.82, 2.24) is 14.5 Å². The predicted octanol–water partition coefficient (Wildman–Crippen LogP) is 7.18. The number of rotatable bonds is 9. The lowest BCUT2D eigenvalue weighted by Crippen LogP contribution is -2.20. The molecule has 1 aromatic heterocycles. The van der Waals surface area contributed by atoms with E-state index in [9.17, 15) is 4.39 Å². The zero-order valence-electron chi connectivity index (χ0n) is 17.7. The first kappa shape index (κ1) is 24.4. The van der Waals surface area contributed by atoms with Crippen LogP contribution in [-0.4, -0.2) is 35.1 Å². The summed E-state index contributed by atoms with van der Waals surface area (Å²) in [5.74, 6) is 0.370. The molecule has 0 spiro atoms. The lowest BCUT2D eigenvalue weighted by molar-refractivity contribution is 0.372. The first-order valence-corrected chi connectivity index (χ1v) is 12.1. The van der Waals surface area contributed by atoms with Gasteiger partial charge in [0, 0.05) is 41.3 Å². The highest BCUT2D eigenvalue weighted by atomic mass is 35.5. The van der Waals surface area contributed by atoms with Gasteiger partial charge in [-0.15, -0.1) is 0 Å². The van der Waals surface area contributed by atoms with Crippen molar-refractivity contribution in [3.05, 3.63) is 80.3 Å². The minimum Gasteiger partial charge on any atom is -0.322 e. The van der Waals surface area contributed by atoms with E-state index in [-0.39, 0.29) is 11.7 Å². The summed E-state index contributed by atoms with van der Waals surface area (Å²) in [7, 11) is 4.09. The van der Waals surface area contributed by atoms with Crippen molar-refractivity contribution in [3.8, 4) is 0 Å². The van der Waals surface area contributed by atoms with Gasteiger partial charge in [-0.1, -0.05) is 65.6 Å². The van der Waals surface area contributed by atoms with Gasteiger partial charge in [0.05, 0.1) is 10.0 Å². The number of hydrogen-bond acceptors (Lipinski definition) is 3. The molecule has 1 heterocycles. The molecule has 166 valence electrons. The molecule has 0 radical (unpaired) electrons. The second-order valence-corrected chi connectivity index (χ2v) is 9.92. The zero-order chi connectivity index (χ0) is 22.5. The van der Waals surface area contributed by atoms with Gasteiger partial charge in [-0.25, -0.2) is 9.37 Å². The van der Waals surface area contributed by atoms with Crippen LogP contribution in [0.2, 0.25) is 15.1 Å². The molecule has 8 heteroatoms. The minimum absolute atomic E-state index is 0.239. The highest BCUT2D eigenvalue weighted by molar-refractivity contribution is 7.98. The van der Waals surface area contributed by atoms with Gasteiger partial charge in [0.25, 0.3) is 0 Å². The van der Waals surface area contributed by atoms with Crippen LogP contribution in [0.5, 0.6) is 0 Å². The summed E-state index contributed by atoms with van der Waals surface area (Å²) >= 11 is 20.0. The normalized spacial score (nSPS) is 12.5. The predicted molar refractivity (Wildman–Crippen MR) is 130 cm³/mol. The van der Waals surface area contributed by atoms with E-state index in [1.54, 1.807) is 12.1 Å². The van der Waals surface area contributed by atoms with Gasteiger partial charge in [-0.3, -0.25) is 0 Å². The van der Waals surface area contributed by atoms with Gasteiger partial charge < -0.3 is 9.47 Å². The first-order chi connectivity index (χ1) is 14.8. The molecule has 3 nitrogen and oxygen atoms in total. The lowest BCUT2D eigenvalue weighted by Gasteiger charge is -2.18. The van der Waals surface area contributed by atoms with Gasteiger partial charge in [0.1, 0.15) is 5.82 Å². The topological polar surface area (TPSA) is 21.1 Å². The first-order valence-electron chi connectivity index (χ1n) is 9.96. The van der Waals surface area contributed by atoms with Crippen LogP contribution in [0.4, 0.5) is 4.39 Å². The molecule has 0 saturated carbocycles. The van der Waals surface area contributed by atoms with Gasteiger partial charge in [0.2, 0.25) is 0 Å². The molecule has 31 heavy (non-hydrogen) atoms. The van der Waals surface area contributed by atoms with E-state index in [1.165, 1.54) is 17.8 Å². The third-order valence-corrected chi connectivity index (χ3v) is 7.22. The Kier molecular flexibility index (Phi) is 8.71. The Morgan fingerprint density at radius 1 is 1.10 bits per heavy atom. The fourth-order valence-corrected chi connectivity index (χ4v) is 4.94. The number of nitrogens with zero attached hydrogens (tertiary/aromatic N) is 3. The molecule has 0 aliphatic carbocycles. The van der Waals surface area contributed by atoms with Crippen molar-refractivity contribution in [2.75, 3.05) is 20.6 Å². The maximum Gasteiger partial charge on any atom is 0.168 e. The van der Waals surface area contributed by atoms with Crippen molar-refractivity contribution in [2.45, 2.75) is 36.7 Å². The van der Waals surface area contributed by atoms with Crippen LogP contribution >= 0.6 is 46.6 Å². The van der Waals surface area contributed by atoms with Gasteiger partial charge in [0.15, 0.2) is 5.16 Å². The summed E-state index contributed by atoms with van der Waals surface area (Å²) in [5.41, 5.74) is 2.76. The molecule has 2 aromatic carbocycles. The largest absolute Gasteiger partial charge is 0.322 e. The van der Waals surface area contributed by atoms with E-state index in [2.05, 4.69) is 21.4 Å². The third kappa shape index (κ3) is 6.39. The van der Waals surface area contributed by atoms with Crippen LogP contribution in [0.25, 0.3) is 0 Å². The summed E-state index contributed by atoms with van der Waals surface area (Å²) in [6, 6.07) is 10.5. The highest BCUT2D eigenvalue weighted by Crippen LogP contribution is 2.31. The number of hydrogen-bond donors (Lipinski definition) is 0. The van der Waals surface area contributed by atoms with Crippen molar-refractivity contribution >= 4 is 46.6 Å². The molecule has 0 aliphatic heterocycles. The van der Waals surface area contributed by atoms with Crippen LogP contribution in [0.15, 0.2) is 47.8 Å². The Bertz CT molecular complexity index is 1020. The summed E-state index contributed by atoms with van der Waals surface area (Å²) in [6.45, 7) is 3.83. The third-order valence-electron chi connectivity index (χ3n) is 5.11. The summed E-state index contributed by atoms with van der Waals surface area (Å²) in [5, 5.41) is 2.41. The van der Waals surface area contributed by atoms with Crippen LogP contribution in [0, 0.1) is 5.82 Å². The van der Waals surface area contributed by atoms with E-state index < -0.39 is 0 Å². The van der Waals surface area contributed by atoms with Crippen molar-refractivity contribution in [3.63, 3.8) is 0 Å². The molecular weight excluding hydrogens is 476 g/mol. The molecule has 3 aromatic rings. The molecule has 3 rings (SSSR count). The van der Waals surface area contributed by atoms with Crippen molar-refractivity contribution in [2.24, 2.45) is 0 Å². The van der Waals surface area contributed by atoms with Crippen molar-refractivity contribution < 1.29 is 4.39 Å². The van der Waals surface area contributed by atoms with E-state index >= 15 is 0 Å². The molecule has 0 aliphatic rings. The SMILES string of the molecule is CC(Cc1cnc(SCc2c(F)cccc2Cl)n1CCN(C)C)c1ccc(Cl)c(Cl)c1. The molecule has 0 N–H and O–H groups in total. The van der Waals surface area contributed by atoms with E-state index in [4.69, 9.17) is 34.8 Å². The maximum atomic E-state index is 14.2.